The minimum Gasteiger partial charge on any atom is -0.362 e. The van der Waals surface area contributed by atoms with Crippen LogP contribution in [0.4, 0.5) is 10.1 Å². The van der Waals surface area contributed by atoms with E-state index in [1.54, 1.807) is 6.07 Å². The van der Waals surface area contributed by atoms with Gasteiger partial charge in [0.2, 0.25) is 0 Å². The highest BCUT2D eigenvalue weighted by atomic mass is 19.1. The van der Waals surface area contributed by atoms with Crippen LogP contribution in [0.1, 0.15) is 30.9 Å². The third kappa shape index (κ3) is 3.14. The predicted octanol–water partition coefficient (Wildman–Crippen LogP) is 3.93. The number of hydrogen-bond acceptors (Lipinski definition) is 2. The van der Waals surface area contributed by atoms with E-state index in [4.69, 9.17) is 0 Å². The van der Waals surface area contributed by atoms with Crippen LogP contribution in [-0.2, 0) is 6.54 Å². The Balaban J connectivity index is 1.85. The Morgan fingerprint density at radius 3 is 2.32 bits per heavy atom. The number of rotatable bonds is 5. The summed E-state index contributed by atoms with van der Waals surface area (Å²) in [6.07, 6.45) is 0. The lowest BCUT2D eigenvalue weighted by atomic mass is 10.0. The molecule has 0 aromatic heterocycles. The first kappa shape index (κ1) is 15.0. The Morgan fingerprint density at radius 2 is 1.77 bits per heavy atom. The van der Waals surface area contributed by atoms with Gasteiger partial charge in [0.15, 0.2) is 0 Å². The van der Waals surface area contributed by atoms with Gasteiger partial charge in [0.25, 0.3) is 0 Å². The van der Waals surface area contributed by atoms with E-state index in [0.717, 1.165) is 18.7 Å². The molecule has 0 aliphatic carbocycles. The number of anilines is 1. The summed E-state index contributed by atoms with van der Waals surface area (Å²) in [6.45, 7) is 6.92. The van der Waals surface area contributed by atoms with E-state index in [1.807, 2.05) is 12.1 Å². The highest BCUT2D eigenvalue weighted by molar-refractivity contribution is 5.50. The first-order chi connectivity index (χ1) is 10.6. The van der Waals surface area contributed by atoms with Crippen molar-refractivity contribution in [1.82, 2.24) is 5.32 Å². The van der Waals surface area contributed by atoms with Crippen molar-refractivity contribution in [2.24, 2.45) is 0 Å². The van der Waals surface area contributed by atoms with Crippen molar-refractivity contribution in [2.45, 2.75) is 32.4 Å². The molecule has 3 heteroatoms. The lowest BCUT2D eigenvalue weighted by Gasteiger charge is -2.40. The van der Waals surface area contributed by atoms with Crippen LogP contribution in [0.3, 0.4) is 0 Å². The Hall–Kier alpha value is -1.87. The van der Waals surface area contributed by atoms with Crippen LogP contribution in [0.5, 0.6) is 0 Å². The number of halogens is 1. The number of hydrogen-bond donors (Lipinski definition) is 1. The Morgan fingerprint density at radius 1 is 1.09 bits per heavy atom. The van der Waals surface area contributed by atoms with Gasteiger partial charge >= 0.3 is 0 Å². The molecular formula is C19H23FN2. The topological polar surface area (TPSA) is 15.3 Å². The second-order valence-electron chi connectivity index (χ2n) is 6.28. The molecule has 1 aliphatic heterocycles. The summed E-state index contributed by atoms with van der Waals surface area (Å²) in [5.74, 6) is 0.401. The van der Waals surface area contributed by atoms with Crippen molar-refractivity contribution < 1.29 is 4.39 Å². The smallest absolute Gasteiger partial charge is 0.128 e. The Bertz CT molecular complexity index is 618. The van der Waals surface area contributed by atoms with Crippen LogP contribution in [0.25, 0.3) is 0 Å². The molecule has 3 rings (SSSR count). The molecule has 0 amide bonds. The van der Waals surface area contributed by atoms with E-state index in [0.29, 0.717) is 18.5 Å². The molecule has 116 valence electrons. The van der Waals surface area contributed by atoms with Gasteiger partial charge in [-0.1, -0.05) is 44.2 Å². The van der Waals surface area contributed by atoms with Gasteiger partial charge in [0.1, 0.15) is 5.82 Å². The molecule has 2 aromatic carbocycles. The summed E-state index contributed by atoms with van der Waals surface area (Å²) in [6, 6.07) is 16.2. The highest BCUT2D eigenvalue weighted by Crippen LogP contribution is 2.25. The average molecular weight is 298 g/mol. The van der Waals surface area contributed by atoms with Gasteiger partial charge in [-0.3, -0.25) is 0 Å². The molecule has 0 unspecified atom stereocenters. The Labute approximate surface area is 132 Å². The molecule has 1 saturated heterocycles. The standard InChI is InChI=1S/C19H23FN2/c1-14(2)15-7-9-17(10-8-15)22(18-11-21-12-18)13-16-5-3-4-6-19(16)20/h3-10,14,18,21H,11-13H2,1-2H3. The first-order valence-corrected chi connectivity index (χ1v) is 7.96. The third-order valence-corrected chi connectivity index (χ3v) is 4.39. The molecule has 0 spiro atoms. The van der Waals surface area contributed by atoms with Crippen molar-refractivity contribution in [1.29, 1.82) is 0 Å². The van der Waals surface area contributed by atoms with Crippen LogP contribution in [0.2, 0.25) is 0 Å². The number of nitrogens with zero attached hydrogens (tertiary/aromatic N) is 1. The molecule has 1 aliphatic rings. The van der Waals surface area contributed by atoms with Gasteiger partial charge < -0.3 is 10.2 Å². The van der Waals surface area contributed by atoms with E-state index < -0.39 is 0 Å². The molecular weight excluding hydrogens is 275 g/mol. The summed E-state index contributed by atoms with van der Waals surface area (Å²) in [5, 5.41) is 3.31. The monoisotopic (exact) mass is 298 g/mol. The third-order valence-electron chi connectivity index (χ3n) is 4.39. The lowest BCUT2D eigenvalue weighted by Crippen LogP contribution is -2.57. The molecule has 0 radical (unpaired) electrons. The second-order valence-corrected chi connectivity index (χ2v) is 6.28. The van der Waals surface area contributed by atoms with Crippen molar-refractivity contribution in [2.75, 3.05) is 18.0 Å². The van der Waals surface area contributed by atoms with Crippen LogP contribution < -0.4 is 10.2 Å². The molecule has 0 atom stereocenters. The fourth-order valence-corrected chi connectivity index (χ4v) is 2.79. The van der Waals surface area contributed by atoms with Gasteiger partial charge in [-0.2, -0.15) is 0 Å². The average Bonchev–Trinajstić information content (AvgIpc) is 2.47. The fourth-order valence-electron chi connectivity index (χ4n) is 2.79. The molecule has 2 nitrogen and oxygen atoms in total. The number of benzene rings is 2. The molecule has 2 aromatic rings. The fraction of sp³-hybridized carbons (Fsp3) is 0.368. The zero-order chi connectivity index (χ0) is 15.5. The van der Waals surface area contributed by atoms with E-state index >= 15 is 0 Å². The van der Waals surface area contributed by atoms with E-state index in [-0.39, 0.29) is 5.82 Å². The predicted molar refractivity (Wildman–Crippen MR) is 89.8 cm³/mol. The molecule has 1 N–H and O–H groups in total. The molecule has 22 heavy (non-hydrogen) atoms. The number of nitrogens with one attached hydrogen (secondary N) is 1. The normalized spacial score (nSPS) is 14.9. The van der Waals surface area contributed by atoms with Crippen LogP contribution in [0.15, 0.2) is 48.5 Å². The minimum absolute atomic E-state index is 0.126. The van der Waals surface area contributed by atoms with Crippen LogP contribution in [-0.4, -0.2) is 19.1 Å². The highest BCUT2D eigenvalue weighted by Gasteiger charge is 2.25. The summed E-state index contributed by atoms with van der Waals surface area (Å²) < 4.78 is 14.0. The molecule has 0 bridgehead atoms. The van der Waals surface area contributed by atoms with Gasteiger partial charge in [-0.15, -0.1) is 0 Å². The molecule has 1 heterocycles. The van der Waals surface area contributed by atoms with Gasteiger partial charge in [0.05, 0.1) is 6.04 Å². The lowest BCUT2D eigenvalue weighted by molar-refractivity contribution is 0.409. The SMILES string of the molecule is CC(C)c1ccc(N(Cc2ccccc2F)C2CNC2)cc1. The quantitative estimate of drug-likeness (QED) is 0.900. The maximum atomic E-state index is 14.0. The Kier molecular flexibility index (Phi) is 4.44. The van der Waals surface area contributed by atoms with E-state index in [2.05, 4.69) is 48.3 Å². The summed E-state index contributed by atoms with van der Waals surface area (Å²) in [5.41, 5.74) is 3.25. The second kappa shape index (κ2) is 6.49. The van der Waals surface area contributed by atoms with E-state index in [9.17, 15) is 4.39 Å². The van der Waals surface area contributed by atoms with Crippen LogP contribution in [0, 0.1) is 5.82 Å². The zero-order valence-electron chi connectivity index (χ0n) is 13.2. The maximum absolute atomic E-state index is 14.0. The van der Waals surface area contributed by atoms with E-state index in [1.165, 1.54) is 17.3 Å². The zero-order valence-corrected chi connectivity index (χ0v) is 13.2. The molecule has 1 fully saturated rings. The largest absolute Gasteiger partial charge is 0.362 e. The van der Waals surface area contributed by atoms with Crippen molar-refractivity contribution in [3.05, 3.63) is 65.5 Å². The summed E-state index contributed by atoms with van der Waals surface area (Å²) in [7, 11) is 0. The summed E-state index contributed by atoms with van der Waals surface area (Å²) in [4.78, 5) is 2.30. The van der Waals surface area contributed by atoms with Gasteiger partial charge in [-0.25, -0.2) is 4.39 Å². The first-order valence-electron chi connectivity index (χ1n) is 7.96. The molecule has 0 saturated carbocycles. The van der Waals surface area contributed by atoms with Gasteiger partial charge in [0, 0.05) is 30.9 Å². The van der Waals surface area contributed by atoms with Crippen molar-refractivity contribution >= 4 is 5.69 Å². The van der Waals surface area contributed by atoms with Gasteiger partial charge in [-0.05, 0) is 29.7 Å². The van der Waals surface area contributed by atoms with Crippen LogP contribution >= 0.6 is 0 Å². The minimum atomic E-state index is -0.126. The maximum Gasteiger partial charge on any atom is 0.128 e. The van der Waals surface area contributed by atoms with Crippen molar-refractivity contribution in [3.63, 3.8) is 0 Å². The summed E-state index contributed by atoms with van der Waals surface area (Å²) >= 11 is 0. The van der Waals surface area contributed by atoms with Crippen molar-refractivity contribution in [3.8, 4) is 0 Å².